The van der Waals surface area contributed by atoms with Crippen LogP contribution < -0.4 is 5.32 Å². The van der Waals surface area contributed by atoms with E-state index < -0.39 is 0 Å². The fraction of sp³-hybridized carbons (Fsp3) is 0.240. The quantitative estimate of drug-likeness (QED) is 0.557. The molecule has 3 aromatic rings. The van der Waals surface area contributed by atoms with Crippen LogP contribution in [-0.4, -0.2) is 5.91 Å². The molecule has 0 bridgehead atoms. The van der Waals surface area contributed by atoms with Gasteiger partial charge in [-0.25, -0.2) is 0 Å². The van der Waals surface area contributed by atoms with E-state index in [2.05, 4.69) is 29.6 Å². The zero-order valence-electron chi connectivity index (χ0n) is 15.5. The molecule has 0 atom stereocenters. The lowest BCUT2D eigenvalue weighted by Crippen LogP contribution is -2.12. The molecule has 27 heavy (non-hydrogen) atoms. The van der Waals surface area contributed by atoms with Crippen LogP contribution in [0.15, 0.2) is 78.9 Å². The van der Waals surface area contributed by atoms with Gasteiger partial charge in [-0.3, -0.25) is 4.79 Å². The van der Waals surface area contributed by atoms with Crippen molar-refractivity contribution in [2.45, 2.75) is 38.0 Å². The van der Waals surface area contributed by atoms with Gasteiger partial charge in [0.05, 0.1) is 0 Å². The number of hydrogen-bond acceptors (Lipinski definition) is 1. The molecule has 1 aliphatic rings. The Kier molecular flexibility index (Phi) is 5.34. The lowest BCUT2D eigenvalue weighted by molar-refractivity contribution is 0.102. The molecule has 0 aromatic heterocycles. The summed E-state index contributed by atoms with van der Waals surface area (Å²) in [6.07, 6.45) is 6.62. The zero-order valence-corrected chi connectivity index (χ0v) is 15.5. The highest BCUT2D eigenvalue weighted by atomic mass is 16.1. The molecule has 4 rings (SSSR count). The molecule has 136 valence electrons. The van der Waals surface area contributed by atoms with Gasteiger partial charge in [0.15, 0.2) is 0 Å². The molecule has 0 spiro atoms. The summed E-state index contributed by atoms with van der Waals surface area (Å²) in [7, 11) is 0. The normalized spacial score (nSPS) is 14.7. The van der Waals surface area contributed by atoms with E-state index >= 15 is 0 Å². The van der Waals surface area contributed by atoms with Gasteiger partial charge in [-0.1, -0.05) is 73.9 Å². The molecule has 0 aliphatic heterocycles. The van der Waals surface area contributed by atoms with Crippen molar-refractivity contribution in [2.24, 2.45) is 0 Å². The van der Waals surface area contributed by atoms with Gasteiger partial charge in [0.25, 0.3) is 5.91 Å². The molecule has 1 amide bonds. The molecule has 0 heterocycles. The molecule has 0 saturated heterocycles. The van der Waals surface area contributed by atoms with Crippen molar-refractivity contribution >= 4 is 11.6 Å². The van der Waals surface area contributed by atoms with E-state index in [0.29, 0.717) is 11.5 Å². The van der Waals surface area contributed by atoms with Crippen LogP contribution >= 0.6 is 0 Å². The topological polar surface area (TPSA) is 29.1 Å². The van der Waals surface area contributed by atoms with Crippen LogP contribution in [0.1, 0.15) is 53.9 Å². The molecule has 0 radical (unpaired) electrons. The van der Waals surface area contributed by atoms with E-state index in [-0.39, 0.29) is 5.91 Å². The molecule has 1 fully saturated rings. The Morgan fingerprint density at radius 1 is 0.704 bits per heavy atom. The second-order valence-corrected chi connectivity index (χ2v) is 7.35. The summed E-state index contributed by atoms with van der Waals surface area (Å²) in [5, 5.41) is 3.01. The Morgan fingerprint density at radius 2 is 1.33 bits per heavy atom. The monoisotopic (exact) mass is 355 g/mol. The first-order chi connectivity index (χ1) is 13.3. The Balaban J connectivity index is 1.41. The molecule has 2 heteroatoms. The molecular weight excluding hydrogens is 330 g/mol. The summed E-state index contributed by atoms with van der Waals surface area (Å²) < 4.78 is 0. The second kappa shape index (κ2) is 8.22. The van der Waals surface area contributed by atoms with Crippen molar-refractivity contribution < 1.29 is 4.79 Å². The highest BCUT2D eigenvalue weighted by Gasteiger charge is 2.15. The van der Waals surface area contributed by atoms with E-state index in [9.17, 15) is 4.79 Å². The Morgan fingerprint density at radius 3 is 2.00 bits per heavy atom. The molecule has 1 saturated carbocycles. The van der Waals surface area contributed by atoms with Crippen molar-refractivity contribution in [3.63, 3.8) is 0 Å². The fourth-order valence-corrected chi connectivity index (χ4v) is 3.92. The van der Waals surface area contributed by atoms with Crippen molar-refractivity contribution in [3.8, 4) is 11.1 Å². The van der Waals surface area contributed by atoms with Crippen molar-refractivity contribution in [3.05, 3.63) is 90.0 Å². The maximum absolute atomic E-state index is 12.5. The van der Waals surface area contributed by atoms with E-state index in [1.807, 2.05) is 54.6 Å². The van der Waals surface area contributed by atoms with E-state index in [1.165, 1.54) is 37.7 Å². The van der Waals surface area contributed by atoms with E-state index in [1.54, 1.807) is 0 Å². The number of hydrogen-bond donors (Lipinski definition) is 1. The summed E-state index contributed by atoms with van der Waals surface area (Å²) in [6.45, 7) is 0. The minimum Gasteiger partial charge on any atom is -0.322 e. The van der Waals surface area contributed by atoms with Gasteiger partial charge in [0.1, 0.15) is 0 Å². The SMILES string of the molecule is O=C(Nc1ccc(C2CCCCC2)cc1)c1ccc(-c2ccccc2)cc1. The number of anilines is 1. The number of benzene rings is 3. The van der Waals surface area contributed by atoms with Crippen LogP contribution in [0.4, 0.5) is 5.69 Å². The highest BCUT2D eigenvalue weighted by Crippen LogP contribution is 2.33. The Hall–Kier alpha value is -2.87. The van der Waals surface area contributed by atoms with Gasteiger partial charge < -0.3 is 5.32 Å². The molecule has 1 aliphatic carbocycles. The first-order valence-electron chi connectivity index (χ1n) is 9.86. The van der Waals surface area contributed by atoms with Crippen LogP contribution in [-0.2, 0) is 0 Å². The van der Waals surface area contributed by atoms with Crippen LogP contribution in [0.3, 0.4) is 0 Å². The Labute approximate surface area is 161 Å². The standard InChI is InChI=1S/C25H25NO/c27-25(23-13-11-21(12-14-23)19-7-3-1-4-8-19)26-24-17-15-22(16-18-24)20-9-5-2-6-10-20/h1,3-4,7-8,11-18,20H,2,5-6,9-10H2,(H,26,27). The maximum atomic E-state index is 12.5. The molecule has 1 N–H and O–H groups in total. The molecular formula is C25H25NO. The summed E-state index contributed by atoms with van der Waals surface area (Å²) in [5.41, 5.74) is 5.20. The minimum atomic E-state index is -0.0694. The van der Waals surface area contributed by atoms with Crippen molar-refractivity contribution in [2.75, 3.05) is 5.32 Å². The van der Waals surface area contributed by atoms with Gasteiger partial charge in [-0.15, -0.1) is 0 Å². The van der Waals surface area contributed by atoms with Gasteiger partial charge >= 0.3 is 0 Å². The first kappa shape index (κ1) is 17.5. The fourth-order valence-electron chi connectivity index (χ4n) is 3.92. The average molecular weight is 355 g/mol. The predicted octanol–water partition coefficient (Wildman–Crippen LogP) is 6.65. The number of rotatable bonds is 4. The average Bonchev–Trinajstić information content (AvgIpc) is 2.76. The largest absolute Gasteiger partial charge is 0.322 e. The maximum Gasteiger partial charge on any atom is 0.255 e. The Bertz CT molecular complexity index is 876. The lowest BCUT2D eigenvalue weighted by atomic mass is 9.84. The number of carbonyl (C=O) groups excluding carboxylic acids is 1. The number of carbonyl (C=O) groups is 1. The smallest absolute Gasteiger partial charge is 0.255 e. The highest BCUT2D eigenvalue weighted by molar-refractivity contribution is 6.04. The summed E-state index contributed by atoms with van der Waals surface area (Å²) in [4.78, 5) is 12.5. The van der Waals surface area contributed by atoms with Gasteiger partial charge in [0.2, 0.25) is 0 Å². The van der Waals surface area contributed by atoms with Crippen molar-refractivity contribution in [1.29, 1.82) is 0 Å². The molecule has 2 nitrogen and oxygen atoms in total. The van der Waals surface area contributed by atoms with Gasteiger partial charge in [0, 0.05) is 11.3 Å². The third-order valence-electron chi connectivity index (χ3n) is 5.50. The van der Waals surface area contributed by atoms with Crippen molar-refractivity contribution in [1.82, 2.24) is 0 Å². The third kappa shape index (κ3) is 4.28. The summed E-state index contributed by atoms with van der Waals surface area (Å²) in [6, 6.07) is 26.3. The number of nitrogens with one attached hydrogen (secondary N) is 1. The minimum absolute atomic E-state index is 0.0694. The number of amides is 1. The summed E-state index contributed by atoms with van der Waals surface area (Å²) >= 11 is 0. The third-order valence-corrected chi connectivity index (χ3v) is 5.50. The van der Waals surface area contributed by atoms with Crippen LogP contribution in [0.2, 0.25) is 0 Å². The van der Waals surface area contributed by atoms with Gasteiger partial charge in [-0.2, -0.15) is 0 Å². The lowest BCUT2D eigenvalue weighted by Gasteiger charge is -2.22. The first-order valence-corrected chi connectivity index (χ1v) is 9.86. The van der Waals surface area contributed by atoms with E-state index in [4.69, 9.17) is 0 Å². The van der Waals surface area contributed by atoms with E-state index in [0.717, 1.165) is 16.8 Å². The second-order valence-electron chi connectivity index (χ2n) is 7.35. The van der Waals surface area contributed by atoms with Crippen LogP contribution in [0.5, 0.6) is 0 Å². The molecule has 0 unspecified atom stereocenters. The molecule has 3 aromatic carbocycles. The van der Waals surface area contributed by atoms with Gasteiger partial charge in [-0.05, 0) is 59.7 Å². The predicted molar refractivity (Wildman–Crippen MR) is 112 cm³/mol. The summed E-state index contributed by atoms with van der Waals surface area (Å²) in [5.74, 6) is 0.620. The van der Waals surface area contributed by atoms with Crippen LogP contribution in [0, 0.1) is 0 Å². The zero-order chi connectivity index (χ0) is 18.5. The van der Waals surface area contributed by atoms with Crippen LogP contribution in [0.25, 0.3) is 11.1 Å².